The van der Waals surface area contributed by atoms with E-state index in [1.54, 1.807) is 19.9 Å². The van der Waals surface area contributed by atoms with E-state index >= 15 is 0 Å². The van der Waals surface area contributed by atoms with Crippen LogP contribution in [0, 0.1) is 0 Å². The Morgan fingerprint density at radius 3 is 2.45 bits per heavy atom. The summed E-state index contributed by atoms with van der Waals surface area (Å²) in [6, 6.07) is 5.53. The van der Waals surface area contributed by atoms with E-state index < -0.39 is 11.9 Å². The molecule has 0 bridgehead atoms. The van der Waals surface area contributed by atoms with Crippen molar-refractivity contribution in [2.24, 2.45) is 0 Å². The van der Waals surface area contributed by atoms with Crippen molar-refractivity contribution in [1.29, 1.82) is 0 Å². The van der Waals surface area contributed by atoms with Crippen LogP contribution >= 0.6 is 27.3 Å². The highest BCUT2D eigenvalue weighted by Gasteiger charge is 2.25. The Morgan fingerprint density at radius 2 is 1.80 bits per heavy atom. The molecule has 1 heterocycles. The first-order valence-electron chi connectivity index (χ1n) is 6.14. The molecule has 0 aliphatic heterocycles. The van der Waals surface area contributed by atoms with Crippen molar-refractivity contribution < 1.29 is 19.1 Å². The van der Waals surface area contributed by atoms with Crippen LogP contribution in [0.5, 0.6) is 0 Å². The average Bonchev–Trinajstić information content (AvgIpc) is 2.77. The fourth-order valence-corrected chi connectivity index (χ4v) is 3.24. The van der Waals surface area contributed by atoms with E-state index in [2.05, 4.69) is 15.9 Å². The molecule has 0 spiro atoms. The van der Waals surface area contributed by atoms with Gasteiger partial charge >= 0.3 is 11.9 Å². The molecule has 20 heavy (non-hydrogen) atoms. The summed E-state index contributed by atoms with van der Waals surface area (Å²) in [7, 11) is 0. The van der Waals surface area contributed by atoms with Gasteiger partial charge in [0.2, 0.25) is 0 Å². The van der Waals surface area contributed by atoms with Crippen LogP contribution in [0.25, 0.3) is 10.1 Å². The molecule has 0 N–H and O–H groups in total. The monoisotopic (exact) mass is 356 g/mol. The zero-order valence-corrected chi connectivity index (χ0v) is 13.5. The molecule has 0 radical (unpaired) electrons. The molecule has 0 fully saturated rings. The standard InChI is InChI=1S/C14H13BrO4S/c1-3-18-13(16)11-9-7-8(15)5-6-10(9)20-12(11)14(17)19-4-2/h5-7H,3-4H2,1-2H3. The molecule has 6 heteroatoms. The number of benzene rings is 1. The van der Waals surface area contributed by atoms with Gasteiger partial charge in [-0.25, -0.2) is 9.59 Å². The summed E-state index contributed by atoms with van der Waals surface area (Å²) in [6.45, 7) is 3.98. The highest BCUT2D eigenvalue weighted by molar-refractivity contribution is 9.10. The first kappa shape index (κ1) is 15.0. The second-order valence-electron chi connectivity index (χ2n) is 3.89. The van der Waals surface area contributed by atoms with Crippen molar-refractivity contribution in [1.82, 2.24) is 0 Å². The number of ether oxygens (including phenoxy) is 2. The predicted molar refractivity (Wildman–Crippen MR) is 81.4 cm³/mol. The molecule has 0 saturated heterocycles. The Hall–Kier alpha value is -1.40. The van der Waals surface area contributed by atoms with Crippen LogP contribution in [0.2, 0.25) is 0 Å². The molecule has 2 aromatic rings. The van der Waals surface area contributed by atoms with Crippen LogP contribution in [-0.4, -0.2) is 25.2 Å². The zero-order valence-electron chi connectivity index (χ0n) is 11.1. The van der Waals surface area contributed by atoms with E-state index in [0.717, 1.165) is 9.17 Å². The van der Waals surface area contributed by atoms with Gasteiger partial charge in [0, 0.05) is 14.6 Å². The van der Waals surface area contributed by atoms with Gasteiger partial charge in [0.25, 0.3) is 0 Å². The highest BCUT2D eigenvalue weighted by atomic mass is 79.9. The van der Waals surface area contributed by atoms with Crippen LogP contribution in [-0.2, 0) is 9.47 Å². The van der Waals surface area contributed by atoms with Crippen LogP contribution in [0.1, 0.15) is 33.9 Å². The lowest BCUT2D eigenvalue weighted by molar-refractivity contribution is 0.0485. The van der Waals surface area contributed by atoms with E-state index in [1.807, 2.05) is 12.1 Å². The van der Waals surface area contributed by atoms with Gasteiger partial charge in [0.15, 0.2) is 0 Å². The van der Waals surface area contributed by atoms with Gasteiger partial charge in [0.1, 0.15) is 4.88 Å². The number of esters is 2. The molecule has 0 aliphatic rings. The third-order valence-electron chi connectivity index (χ3n) is 2.59. The number of halogens is 1. The SMILES string of the molecule is CCOC(=O)c1sc2ccc(Br)cc2c1C(=O)OCC. The first-order valence-corrected chi connectivity index (χ1v) is 7.75. The van der Waals surface area contributed by atoms with Gasteiger partial charge < -0.3 is 9.47 Å². The molecular weight excluding hydrogens is 344 g/mol. The summed E-state index contributed by atoms with van der Waals surface area (Å²) in [5, 5.41) is 0.700. The molecule has 0 unspecified atom stereocenters. The zero-order chi connectivity index (χ0) is 14.7. The predicted octanol–water partition coefficient (Wildman–Crippen LogP) is 4.02. The fraction of sp³-hybridized carbons (Fsp3) is 0.286. The summed E-state index contributed by atoms with van der Waals surface area (Å²) in [5.74, 6) is -0.993. The van der Waals surface area contributed by atoms with E-state index in [0.29, 0.717) is 10.3 Å². The Morgan fingerprint density at radius 1 is 1.15 bits per heavy atom. The summed E-state index contributed by atoms with van der Waals surface area (Å²) in [5.41, 5.74) is 0.284. The van der Waals surface area contributed by atoms with Crippen molar-refractivity contribution >= 4 is 49.3 Å². The molecule has 0 atom stereocenters. The number of carbonyl (C=O) groups excluding carboxylic acids is 2. The molecular formula is C14H13BrO4S. The van der Waals surface area contributed by atoms with Gasteiger partial charge in [-0.1, -0.05) is 15.9 Å². The fourth-order valence-electron chi connectivity index (χ4n) is 1.82. The Labute approximate surface area is 128 Å². The Balaban J connectivity index is 2.63. The average molecular weight is 357 g/mol. The number of hydrogen-bond acceptors (Lipinski definition) is 5. The molecule has 1 aromatic carbocycles. The van der Waals surface area contributed by atoms with E-state index in [4.69, 9.17) is 9.47 Å². The van der Waals surface area contributed by atoms with E-state index in [1.165, 1.54) is 11.3 Å². The van der Waals surface area contributed by atoms with Gasteiger partial charge in [0.05, 0.1) is 18.8 Å². The quantitative estimate of drug-likeness (QED) is 0.776. The molecule has 0 aliphatic carbocycles. The number of fused-ring (bicyclic) bond motifs is 1. The molecule has 1 aromatic heterocycles. The van der Waals surface area contributed by atoms with Crippen molar-refractivity contribution in [3.8, 4) is 0 Å². The molecule has 2 rings (SSSR count). The summed E-state index contributed by atoms with van der Waals surface area (Å²) >= 11 is 4.61. The van der Waals surface area contributed by atoms with Gasteiger partial charge in [-0.3, -0.25) is 0 Å². The lowest BCUT2D eigenvalue weighted by Crippen LogP contribution is -2.11. The van der Waals surface area contributed by atoms with Gasteiger partial charge in [-0.2, -0.15) is 0 Å². The van der Waals surface area contributed by atoms with E-state index in [9.17, 15) is 9.59 Å². The Kier molecular flexibility index (Phi) is 4.77. The lowest BCUT2D eigenvalue weighted by atomic mass is 10.1. The minimum Gasteiger partial charge on any atom is -0.462 e. The highest BCUT2D eigenvalue weighted by Crippen LogP contribution is 2.34. The summed E-state index contributed by atoms with van der Waals surface area (Å²) in [6.07, 6.45) is 0. The van der Waals surface area contributed by atoms with Crippen molar-refractivity contribution in [3.05, 3.63) is 33.1 Å². The molecule has 0 amide bonds. The number of hydrogen-bond donors (Lipinski definition) is 0. The maximum absolute atomic E-state index is 12.1. The third-order valence-corrected chi connectivity index (χ3v) is 4.23. The summed E-state index contributed by atoms with van der Waals surface area (Å²) < 4.78 is 11.7. The van der Waals surface area contributed by atoms with Crippen LogP contribution in [0.3, 0.4) is 0 Å². The number of thiophene rings is 1. The minimum atomic E-state index is -0.500. The number of rotatable bonds is 4. The van der Waals surface area contributed by atoms with Gasteiger partial charge in [-0.15, -0.1) is 11.3 Å². The van der Waals surface area contributed by atoms with Gasteiger partial charge in [-0.05, 0) is 32.0 Å². The smallest absolute Gasteiger partial charge is 0.349 e. The third kappa shape index (κ3) is 2.86. The molecule has 0 saturated carbocycles. The topological polar surface area (TPSA) is 52.6 Å². The first-order chi connectivity index (χ1) is 9.58. The Bertz CT molecular complexity index is 662. The van der Waals surface area contributed by atoms with Crippen LogP contribution in [0.4, 0.5) is 0 Å². The molecule has 4 nitrogen and oxygen atoms in total. The maximum atomic E-state index is 12.1. The van der Waals surface area contributed by atoms with Crippen LogP contribution < -0.4 is 0 Å². The molecule has 106 valence electrons. The summed E-state index contributed by atoms with van der Waals surface area (Å²) in [4.78, 5) is 24.4. The lowest BCUT2D eigenvalue weighted by Gasteiger charge is -2.04. The van der Waals surface area contributed by atoms with Crippen LogP contribution in [0.15, 0.2) is 22.7 Å². The normalized spacial score (nSPS) is 10.6. The minimum absolute atomic E-state index is 0.256. The van der Waals surface area contributed by atoms with Crippen molar-refractivity contribution in [2.45, 2.75) is 13.8 Å². The van der Waals surface area contributed by atoms with Crippen molar-refractivity contribution in [3.63, 3.8) is 0 Å². The largest absolute Gasteiger partial charge is 0.462 e. The maximum Gasteiger partial charge on any atom is 0.349 e. The van der Waals surface area contributed by atoms with Crippen molar-refractivity contribution in [2.75, 3.05) is 13.2 Å². The number of carbonyl (C=O) groups is 2. The second kappa shape index (κ2) is 6.37. The second-order valence-corrected chi connectivity index (χ2v) is 5.86. The van der Waals surface area contributed by atoms with E-state index in [-0.39, 0.29) is 18.8 Å².